The summed E-state index contributed by atoms with van der Waals surface area (Å²) in [6.45, 7) is 7.44. The molecule has 1 unspecified atom stereocenters. The first-order valence-corrected chi connectivity index (χ1v) is 13.8. The lowest BCUT2D eigenvalue weighted by atomic mass is 10.1. The Kier molecular flexibility index (Phi) is 9.17. The Labute approximate surface area is 211 Å². The SMILES string of the molecule is CCOC(=O)c1sc(SC(C)C(=O)Nc2sc3c(c2C(=O)OCC)CCCCC3)c(C#N)c1C. The Morgan fingerprint density at radius 2 is 1.76 bits per heavy atom. The Balaban J connectivity index is 1.83. The van der Waals surface area contributed by atoms with Gasteiger partial charge in [-0.25, -0.2) is 9.59 Å². The number of carbonyl (C=O) groups is 3. The summed E-state index contributed by atoms with van der Waals surface area (Å²) >= 11 is 3.84. The molecule has 0 saturated heterocycles. The fraction of sp³-hybridized carbons (Fsp3) is 0.500. The molecule has 7 nitrogen and oxygen atoms in total. The van der Waals surface area contributed by atoms with Crippen molar-refractivity contribution in [1.82, 2.24) is 0 Å². The molecule has 0 saturated carbocycles. The number of nitriles is 1. The molecule has 0 fully saturated rings. The molecule has 1 aliphatic rings. The van der Waals surface area contributed by atoms with E-state index in [1.807, 2.05) is 0 Å². The predicted octanol–water partition coefficient (Wildman–Crippen LogP) is 5.73. The average molecular weight is 521 g/mol. The van der Waals surface area contributed by atoms with Crippen molar-refractivity contribution in [2.75, 3.05) is 18.5 Å². The van der Waals surface area contributed by atoms with Crippen molar-refractivity contribution in [2.24, 2.45) is 0 Å². The molecule has 0 radical (unpaired) electrons. The van der Waals surface area contributed by atoms with Crippen LogP contribution in [0.1, 0.15) is 81.6 Å². The monoisotopic (exact) mass is 520 g/mol. The fourth-order valence-electron chi connectivity index (χ4n) is 3.77. The van der Waals surface area contributed by atoms with Gasteiger partial charge in [0.15, 0.2) is 0 Å². The normalized spacial score (nSPS) is 13.9. The van der Waals surface area contributed by atoms with Crippen LogP contribution in [0.4, 0.5) is 5.00 Å². The van der Waals surface area contributed by atoms with Crippen molar-refractivity contribution in [3.63, 3.8) is 0 Å². The number of amides is 1. The lowest BCUT2D eigenvalue weighted by molar-refractivity contribution is -0.115. The van der Waals surface area contributed by atoms with Gasteiger partial charge in [0, 0.05) is 4.88 Å². The zero-order valence-electron chi connectivity index (χ0n) is 19.7. The number of anilines is 1. The van der Waals surface area contributed by atoms with Crippen LogP contribution in [0.5, 0.6) is 0 Å². The molecule has 3 rings (SSSR count). The lowest BCUT2D eigenvalue weighted by Gasteiger charge is -2.12. The van der Waals surface area contributed by atoms with E-state index in [1.54, 1.807) is 27.7 Å². The summed E-state index contributed by atoms with van der Waals surface area (Å²) in [4.78, 5) is 39.6. The van der Waals surface area contributed by atoms with Gasteiger partial charge in [0.05, 0.1) is 33.8 Å². The zero-order valence-corrected chi connectivity index (χ0v) is 22.2. The van der Waals surface area contributed by atoms with Crippen molar-refractivity contribution < 1.29 is 23.9 Å². The topological polar surface area (TPSA) is 105 Å². The maximum atomic E-state index is 13.1. The van der Waals surface area contributed by atoms with Gasteiger partial charge in [-0.2, -0.15) is 5.26 Å². The van der Waals surface area contributed by atoms with Crippen LogP contribution in [-0.2, 0) is 27.1 Å². The van der Waals surface area contributed by atoms with E-state index < -0.39 is 17.2 Å². The van der Waals surface area contributed by atoms with E-state index in [0.717, 1.165) is 53.9 Å². The second-order valence-corrected chi connectivity index (χ2v) is 11.5. The molecule has 1 amide bonds. The van der Waals surface area contributed by atoms with Gasteiger partial charge < -0.3 is 14.8 Å². The van der Waals surface area contributed by atoms with Crippen LogP contribution in [0.15, 0.2) is 4.21 Å². The van der Waals surface area contributed by atoms with E-state index in [4.69, 9.17) is 9.47 Å². The molecule has 0 aromatic carbocycles. The van der Waals surface area contributed by atoms with Crippen LogP contribution in [0.3, 0.4) is 0 Å². The Hall–Kier alpha value is -2.35. The first kappa shape index (κ1) is 26.3. The molecule has 2 heterocycles. The summed E-state index contributed by atoms with van der Waals surface area (Å²) in [6.07, 6.45) is 4.88. The number of thioether (sulfide) groups is 1. The second kappa shape index (κ2) is 11.9. The zero-order chi connectivity index (χ0) is 24.8. The molecule has 10 heteroatoms. The average Bonchev–Trinajstić information content (AvgIpc) is 3.20. The van der Waals surface area contributed by atoms with Gasteiger partial charge >= 0.3 is 11.9 Å². The van der Waals surface area contributed by atoms with E-state index in [9.17, 15) is 19.6 Å². The highest BCUT2D eigenvalue weighted by Crippen LogP contribution is 2.40. The molecule has 182 valence electrons. The summed E-state index contributed by atoms with van der Waals surface area (Å²) in [5.41, 5.74) is 2.42. The number of aryl methyl sites for hydroxylation is 1. The maximum absolute atomic E-state index is 13.1. The van der Waals surface area contributed by atoms with Gasteiger partial charge in [-0.15, -0.1) is 34.4 Å². The first-order chi connectivity index (χ1) is 16.3. The largest absolute Gasteiger partial charge is 0.462 e. The third kappa shape index (κ3) is 5.65. The van der Waals surface area contributed by atoms with Gasteiger partial charge in [-0.3, -0.25) is 4.79 Å². The molecule has 1 aliphatic carbocycles. The third-order valence-electron chi connectivity index (χ3n) is 5.48. The number of esters is 2. The number of nitrogens with one attached hydrogen (secondary N) is 1. The van der Waals surface area contributed by atoms with Gasteiger partial charge in [0.2, 0.25) is 5.91 Å². The molecule has 0 aliphatic heterocycles. The number of carbonyl (C=O) groups excluding carboxylic acids is 3. The van der Waals surface area contributed by atoms with Crippen LogP contribution in [0.25, 0.3) is 0 Å². The summed E-state index contributed by atoms with van der Waals surface area (Å²) in [5.74, 6) is -1.15. The van der Waals surface area contributed by atoms with Crippen molar-refractivity contribution in [1.29, 1.82) is 5.26 Å². The molecule has 2 aromatic rings. The van der Waals surface area contributed by atoms with Crippen molar-refractivity contribution in [3.8, 4) is 6.07 Å². The van der Waals surface area contributed by atoms with E-state index in [1.165, 1.54) is 23.1 Å². The highest BCUT2D eigenvalue weighted by molar-refractivity contribution is 8.02. The number of ether oxygens (including phenoxy) is 2. The standard InChI is InChI=1S/C24H28N2O5S3/c1-5-30-22(28)18-15-10-8-7-9-11-17(15)33-21(18)26-20(27)14(4)32-24-16(12-25)13(3)19(34-24)23(29)31-6-2/h14H,5-11H2,1-4H3,(H,26,27). The van der Waals surface area contributed by atoms with Crippen molar-refractivity contribution in [3.05, 3.63) is 32.0 Å². The first-order valence-electron chi connectivity index (χ1n) is 11.3. The predicted molar refractivity (Wildman–Crippen MR) is 135 cm³/mol. The molecule has 0 spiro atoms. The second-order valence-electron chi connectivity index (χ2n) is 7.79. The van der Waals surface area contributed by atoms with Gasteiger partial charge in [-0.1, -0.05) is 6.42 Å². The number of hydrogen-bond acceptors (Lipinski definition) is 9. The summed E-state index contributed by atoms with van der Waals surface area (Å²) in [7, 11) is 0. The molecule has 1 N–H and O–H groups in total. The summed E-state index contributed by atoms with van der Waals surface area (Å²) in [5, 5.41) is 12.5. The molecule has 0 bridgehead atoms. The maximum Gasteiger partial charge on any atom is 0.348 e. The molecule has 34 heavy (non-hydrogen) atoms. The number of hydrogen-bond donors (Lipinski definition) is 1. The molecule has 2 aromatic heterocycles. The van der Waals surface area contributed by atoms with Crippen molar-refractivity contribution in [2.45, 2.75) is 69.3 Å². The molecular weight excluding hydrogens is 492 g/mol. The van der Waals surface area contributed by atoms with E-state index >= 15 is 0 Å². The Morgan fingerprint density at radius 3 is 2.44 bits per heavy atom. The minimum atomic E-state index is -0.558. The minimum Gasteiger partial charge on any atom is -0.462 e. The Morgan fingerprint density at radius 1 is 1.09 bits per heavy atom. The minimum absolute atomic E-state index is 0.243. The van der Waals surface area contributed by atoms with Crippen LogP contribution < -0.4 is 5.32 Å². The summed E-state index contributed by atoms with van der Waals surface area (Å²) < 4.78 is 11.0. The molecule has 1 atom stereocenters. The quantitative estimate of drug-likeness (QED) is 0.269. The van der Waals surface area contributed by atoms with Gasteiger partial charge in [0.25, 0.3) is 0 Å². The van der Waals surface area contributed by atoms with Crippen molar-refractivity contribution >= 4 is 57.3 Å². The van der Waals surface area contributed by atoms with E-state index in [0.29, 0.717) is 30.8 Å². The number of fused-ring (bicyclic) bond motifs is 1. The summed E-state index contributed by atoms with van der Waals surface area (Å²) in [6, 6.07) is 2.14. The Bertz CT molecular complexity index is 1130. The van der Waals surface area contributed by atoms with Crippen LogP contribution in [-0.4, -0.2) is 36.3 Å². The highest BCUT2D eigenvalue weighted by atomic mass is 32.2. The van der Waals surface area contributed by atoms with E-state index in [2.05, 4.69) is 11.4 Å². The fourth-order valence-corrected chi connectivity index (χ4v) is 7.61. The van der Waals surface area contributed by atoms with E-state index in [-0.39, 0.29) is 19.1 Å². The lowest BCUT2D eigenvalue weighted by Crippen LogP contribution is -2.23. The smallest absolute Gasteiger partial charge is 0.348 e. The number of rotatable bonds is 8. The van der Waals surface area contributed by atoms with Crippen LogP contribution >= 0.6 is 34.4 Å². The molecular formula is C24H28N2O5S3. The van der Waals surface area contributed by atoms with Gasteiger partial charge in [0.1, 0.15) is 15.9 Å². The third-order valence-corrected chi connectivity index (χ3v) is 9.28. The number of nitrogens with zero attached hydrogens (tertiary/aromatic N) is 1. The van der Waals surface area contributed by atoms with Crippen LogP contribution in [0.2, 0.25) is 0 Å². The number of thiophene rings is 2. The van der Waals surface area contributed by atoms with Gasteiger partial charge in [-0.05, 0) is 64.5 Å². The van der Waals surface area contributed by atoms with Crippen LogP contribution in [0, 0.1) is 18.3 Å². The highest BCUT2D eigenvalue weighted by Gasteiger charge is 2.29.